The Bertz CT molecular complexity index is 985. The maximum atomic E-state index is 12.9. The van der Waals surface area contributed by atoms with E-state index in [2.05, 4.69) is 15.4 Å². The number of pyridine rings is 1. The lowest BCUT2D eigenvalue weighted by atomic mass is 9.95. The zero-order valence-corrected chi connectivity index (χ0v) is 15.2. The van der Waals surface area contributed by atoms with Crippen molar-refractivity contribution in [1.29, 1.82) is 0 Å². The van der Waals surface area contributed by atoms with Gasteiger partial charge in [0.2, 0.25) is 0 Å². The van der Waals surface area contributed by atoms with Gasteiger partial charge in [-0.05, 0) is 49.3 Å². The van der Waals surface area contributed by atoms with Crippen molar-refractivity contribution in [3.63, 3.8) is 0 Å². The fraction of sp³-hybridized carbons (Fsp3) is 0.400. The SMILES string of the molecule is CN(c1cccnc1)c1ccn2ncc(C(=O)N[C@H]3C[C@@H]4CC[C@H]3C4)c2n1. The van der Waals surface area contributed by atoms with Gasteiger partial charge in [0.25, 0.3) is 5.91 Å². The van der Waals surface area contributed by atoms with Crippen LogP contribution in [-0.2, 0) is 0 Å². The molecule has 3 aromatic rings. The van der Waals surface area contributed by atoms with Crippen LogP contribution < -0.4 is 10.2 Å². The number of fused-ring (bicyclic) bond motifs is 3. The number of rotatable bonds is 4. The molecule has 1 N–H and O–H groups in total. The molecule has 3 heterocycles. The highest BCUT2D eigenvalue weighted by Gasteiger charge is 2.40. The van der Waals surface area contributed by atoms with Crippen molar-refractivity contribution in [3.05, 3.63) is 48.5 Å². The van der Waals surface area contributed by atoms with Crippen molar-refractivity contribution in [2.45, 2.75) is 31.7 Å². The molecule has 1 amide bonds. The average Bonchev–Trinajstić information content (AvgIpc) is 3.42. The number of aromatic nitrogens is 4. The quantitative estimate of drug-likeness (QED) is 0.772. The second-order valence-corrected chi connectivity index (χ2v) is 7.64. The number of nitrogens with zero attached hydrogens (tertiary/aromatic N) is 5. The molecule has 0 spiro atoms. The van der Waals surface area contributed by atoms with Crippen LogP contribution in [0.3, 0.4) is 0 Å². The maximum Gasteiger partial charge on any atom is 0.256 e. The molecular formula is C20H22N6O. The van der Waals surface area contributed by atoms with Crippen LogP contribution in [0, 0.1) is 11.8 Å². The molecule has 7 nitrogen and oxygen atoms in total. The first-order valence-electron chi connectivity index (χ1n) is 9.48. The normalized spacial score (nSPS) is 23.7. The van der Waals surface area contributed by atoms with Gasteiger partial charge in [0, 0.05) is 25.5 Å². The average molecular weight is 362 g/mol. The molecule has 5 rings (SSSR count). The summed E-state index contributed by atoms with van der Waals surface area (Å²) in [6, 6.07) is 6.03. The van der Waals surface area contributed by atoms with E-state index in [9.17, 15) is 4.79 Å². The van der Waals surface area contributed by atoms with E-state index < -0.39 is 0 Å². The first kappa shape index (κ1) is 16.2. The molecule has 27 heavy (non-hydrogen) atoms. The molecule has 0 aromatic carbocycles. The summed E-state index contributed by atoms with van der Waals surface area (Å²) in [7, 11) is 1.93. The maximum absolute atomic E-state index is 12.9. The molecule has 138 valence electrons. The van der Waals surface area contributed by atoms with E-state index in [1.54, 1.807) is 23.1 Å². The Morgan fingerprint density at radius 1 is 1.26 bits per heavy atom. The molecule has 2 bridgehead atoms. The second-order valence-electron chi connectivity index (χ2n) is 7.64. The summed E-state index contributed by atoms with van der Waals surface area (Å²) >= 11 is 0. The molecule has 2 aliphatic carbocycles. The molecule has 0 saturated heterocycles. The van der Waals surface area contributed by atoms with Crippen molar-refractivity contribution >= 4 is 23.1 Å². The van der Waals surface area contributed by atoms with Crippen LogP contribution in [0.15, 0.2) is 43.0 Å². The Kier molecular flexibility index (Phi) is 3.81. The Morgan fingerprint density at radius 2 is 2.19 bits per heavy atom. The van der Waals surface area contributed by atoms with E-state index in [-0.39, 0.29) is 5.91 Å². The Balaban J connectivity index is 1.42. The van der Waals surface area contributed by atoms with Gasteiger partial charge >= 0.3 is 0 Å². The molecule has 2 fully saturated rings. The highest BCUT2D eigenvalue weighted by atomic mass is 16.1. The number of carbonyl (C=O) groups excluding carboxylic acids is 1. The van der Waals surface area contributed by atoms with Gasteiger partial charge in [-0.3, -0.25) is 9.78 Å². The zero-order valence-electron chi connectivity index (χ0n) is 15.2. The van der Waals surface area contributed by atoms with E-state index >= 15 is 0 Å². The predicted octanol–water partition coefficient (Wildman–Crippen LogP) is 2.81. The standard InChI is InChI=1S/C20H22N6O/c1-25(15-3-2-7-21-11-15)18-6-8-26-19(24-18)16(12-22-26)20(27)23-17-10-13-4-5-14(17)9-13/h2-3,6-8,11-14,17H,4-5,9-10H2,1H3,(H,23,27)/t13-,14+,17+/m1/s1. The van der Waals surface area contributed by atoms with E-state index in [0.717, 1.165) is 23.8 Å². The van der Waals surface area contributed by atoms with Gasteiger partial charge in [-0.2, -0.15) is 5.10 Å². The summed E-state index contributed by atoms with van der Waals surface area (Å²) in [4.78, 5) is 23.7. The molecule has 0 radical (unpaired) electrons. The van der Waals surface area contributed by atoms with E-state index in [4.69, 9.17) is 4.98 Å². The minimum Gasteiger partial charge on any atom is -0.349 e. The molecule has 3 aromatic heterocycles. The number of carbonyl (C=O) groups is 1. The molecule has 0 unspecified atom stereocenters. The summed E-state index contributed by atoms with van der Waals surface area (Å²) in [5.74, 6) is 2.10. The van der Waals surface area contributed by atoms with Crippen LogP contribution >= 0.6 is 0 Å². The molecule has 2 aliphatic rings. The van der Waals surface area contributed by atoms with Crippen LogP contribution in [-0.4, -0.2) is 38.6 Å². The minimum absolute atomic E-state index is 0.0729. The van der Waals surface area contributed by atoms with Crippen LogP contribution in [0.25, 0.3) is 5.65 Å². The summed E-state index contributed by atoms with van der Waals surface area (Å²) in [5.41, 5.74) is 2.03. The minimum atomic E-state index is -0.0729. The van der Waals surface area contributed by atoms with Gasteiger partial charge in [-0.25, -0.2) is 9.50 Å². The number of amides is 1. The number of hydrogen-bond acceptors (Lipinski definition) is 5. The second kappa shape index (κ2) is 6.33. The molecule has 2 saturated carbocycles. The summed E-state index contributed by atoms with van der Waals surface area (Å²) in [6.45, 7) is 0. The summed E-state index contributed by atoms with van der Waals surface area (Å²) in [5, 5.41) is 7.53. The lowest BCUT2D eigenvalue weighted by Crippen LogP contribution is -2.38. The zero-order chi connectivity index (χ0) is 18.4. The van der Waals surface area contributed by atoms with Crippen LogP contribution in [0.2, 0.25) is 0 Å². The van der Waals surface area contributed by atoms with Gasteiger partial charge in [0.15, 0.2) is 5.65 Å². The van der Waals surface area contributed by atoms with Crippen LogP contribution in [0.1, 0.15) is 36.0 Å². The predicted molar refractivity (Wildman–Crippen MR) is 102 cm³/mol. The molecule has 0 aliphatic heterocycles. The smallest absolute Gasteiger partial charge is 0.256 e. The fourth-order valence-electron chi connectivity index (χ4n) is 4.56. The number of nitrogens with one attached hydrogen (secondary N) is 1. The Labute approximate surface area is 157 Å². The molecule has 7 heteroatoms. The number of anilines is 2. The first-order valence-corrected chi connectivity index (χ1v) is 9.48. The van der Waals surface area contributed by atoms with E-state index in [1.807, 2.05) is 36.3 Å². The Hall–Kier alpha value is -2.96. The van der Waals surface area contributed by atoms with E-state index in [1.165, 1.54) is 19.3 Å². The Morgan fingerprint density at radius 3 is 2.93 bits per heavy atom. The van der Waals surface area contributed by atoms with Crippen molar-refractivity contribution in [2.24, 2.45) is 11.8 Å². The van der Waals surface area contributed by atoms with Gasteiger partial charge in [-0.15, -0.1) is 0 Å². The highest BCUT2D eigenvalue weighted by molar-refractivity contribution is 6.00. The molecule has 3 atom stereocenters. The summed E-state index contributed by atoms with van der Waals surface area (Å²) < 4.78 is 1.65. The third-order valence-electron chi connectivity index (χ3n) is 6.03. The van der Waals surface area contributed by atoms with Crippen molar-refractivity contribution in [3.8, 4) is 0 Å². The summed E-state index contributed by atoms with van der Waals surface area (Å²) in [6.07, 6.45) is 11.9. The van der Waals surface area contributed by atoms with Gasteiger partial charge in [-0.1, -0.05) is 6.42 Å². The lowest BCUT2D eigenvalue weighted by molar-refractivity contribution is 0.0924. The lowest BCUT2D eigenvalue weighted by Gasteiger charge is -2.22. The van der Waals surface area contributed by atoms with Crippen molar-refractivity contribution in [1.82, 2.24) is 24.9 Å². The van der Waals surface area contributed by atoms with Gasteiger partial charge in [0.1, 0.15) is 11.4 Å². The van der Waals surface area contributed by atoms with Crippen molar-refractivity contribution in [2.75, 3.05) is 11.9 Å². The van der Waals surface area contributed by atoms with Gasteiger partial charge in [0.05, 0.1) is 18.1 Å². The van der Waals surface area contributed by atoms with Crippen LogP contribution in [0.5, 0.6) is 0 Å². The highest BCUT2D eigenvalue weighted by Crippen LogP contribution is 2.44. The first-order chi connectivity index (χ1) is 13.2. The third kappa shape index (κ3) is 2.83. The van der Waals surface area contributed by atoms with Crippen LogP contribution in [0.4, 0.5) is 11.5 Å². The number of hydrogen-bond donors (Lipinski definition) is 1. The molecular weight excluding hydrogens is 340 g/mol. The monoisotopic (exact) mass is 362 g/mol. The fourth-order valence-corrected chi connectivity index (χ4v) is 4.56. The van der Waals surface area contributed by atoms with E-state index in [0.29, 0.717) is 23.2 Å². The van der Waals surface area contributed by atoms with Gasteiger partial charge < -0.3 is 10.2 Å². The third-order valence-corrected chi connectivity index (χ3v) is 6.03. The van der Waals surface area contributed by atoms with Crippen molar-refractivity contribution < 1.29 is 4.79 Å². The largest absolute Gasteiger partial charge is 0.349 e. The topological polar surface area (TPSA) is 75.4 Å².